The summed E-state index contributed by atoms with van der Waals surface area (Å²) in [6, 6.07) is 1.59. The highest BCUT2D eigenvalue weighted by molar-refractivity contribution is 5.85. The Hall–Kier alpha value is -1.16. The molecule has 0 radical (unpaired) electrons. The molecule has 5 heteroatoms. The Morgan fingerprint density at radius 1 is 1.55 bits per heavy atom. The molecule has 0 aromatic carbocycles. The molecule has 0 aliphatic rings. The predicted octanol–water partition coefficient (Wildman–Crippen LogP) is 0.905. The monoisotopic (exact) mass is 173 g/mol. The third-order valence-corrected chi connectivity index (χ3v) is 1.02. The topological polar surface area (TPSA) is 58.9 Å². The fraction of sp³-hybridized carbons (Fsp3) is 0.167. The molecular formula is C6H8ClN3O. The minimum absolute atomic E-state index is 0. The number of hydrogen-bond donors (Lipinski definition) is 1. The number of rotatable bonds is 2. The lowest BCUT2D eigenvalue weighted by molar-refractivity contribution is 0.396. The Bertz CT molecular complexity index is 241. The van der Waals surface area contributed by atoms with E-state index >= 15 is 0 Å². The molecule has 60 valence electrons. The minimum atomic E-state index is 0. The number of methoxy groups -OCH3 is 1. The van der Waals surface area contributed by atoms with E-state index in [1.807, 2.05) is 0 Å². The van der Waals surface area contributed by atoms with Crippen molar-refractivity contribution in [2.24, 2.45) is 0 Å². The molecule has 11 heavy (non-hydrogen) atoms. The summed E-state index contributed by atoms with van der Waals surface area (Å²) in [5.74, 6) is 0.480. The van der Waals surface area contributed by atoms with Crippen molar-refractivity contribution in [3.63, 3.8) is 0 Å². The highest BCUT2D eigenvalue weighted by Gasteiger charge is 1.92. The second-order valence-electron chi connectivity index (χ2n) is 1.63. The minimum Gasteiger partial charge on any atom is -0.481 e. The van der Waals surface area contributed by atoms with Gasteiger partial charge in [-0.1, -0.05) is 0 Å². The molecule has 0 bridgehead atoms. The van der Waals surface area contributed by atoms with Gasteiger partial charge in [-0.05, 0) is 0 Å². The van der Waals surface area contributed by atoms with Crippen LogP contribution in [-0.4, -0.2) is 23.3 Å². The lowest BCUT2D eigenvalue weighted by atomic mass is 10.4. The van der Waals surface area contributed by atoms with Gasteiger partial charge in [0, 0.05) is 12.3 Å². The molecule has 1 heterocycles. The maximum Gasteiger partial charge on any atom is 0.216 e. The highest BCUT2D eigenvalue weighted by atomic mass is 35.5. The molecule has 0 amide bonds. The molecule has 0 spiro atoms. The summed E-state index contributed by atoms with van der Waals surface area (Å²) in [6.45, 7) is 0. The number of nitrogens with one attached hydrogen (secondary N) is 1. The average molecular weight is 174 g/mol. The Kier molecular flexibility index (Phi) is 4.14. The first-order chi connectivity index (χ1) is 4.86. The van der Waals surface area contributed by atoms with E-state index in [0.717, 1.165) is 6.21 Å². The van der Waals surface area contributed by atoms with Gasteiger partial charge in [0.2, 0.25) is 5.88 Å². The van der Waals surface area contributed by atoms with Gasteiger partial charge in [0.05, 0.1) is 12.8 Å². The van der Waals surface area contributed by atoms with E-state index in [-0.39, 0.29) is 12.4 Å². The summed E-state index contributed by atoms with van der Waals surface area (Å²) in [7, 11) is 1.52. The van der Waals surface area contributed by atoms with Gasteiger partial charge in [-0.15, -0.1) is 12.4 Å². The van der Waals surface area contributed by atoms with E-state index in [1.165, 1.54) is 13.4 Å². The standard InChI is InChI=1S/C6H7N3O.ClH/c1-10-6-2-5(3-7)8-4-9-6;/h2-4,7H,1H3;1H. The summed E-state index contributed by atoms with van der Waals surface area (Å²) >= 11 is 0. The van der Waals surface area contributed by atoms with E-state index < -0.39 is 0 Å². The van der Waals surface area contributed by atoms with Gasteiger partial charge in [-0.2, -0.15) is 0 Å². The summed E-state index contributed by atoms with van der Waals surface area (Å²) in [4.78, 5) is 7.54. The Balaban J connectivity index is 0.000001000. The van der Waals surface area contributed by atoms with E-state index in [1.54, 1.807) is 6.07 Å². The quantitative estimate of drug-likeness (QED) is 0.677. The molecule has 0 fully saturated rings. The van der Waals surface area contributed by atoms with Crippen LogP contribution in [-0.2, 0) is 0 Å². The van der Waals surface area contributed by atoms with Crippen LogP contribution in [0, 0.1) is 5.41 Å². The Labute approximate surface area is 70.6 Å². The van der Waals surface area contributed by atoms with Crippen molar-refractivity contribution in [3.8, 4) is 5.88 Å². The fourth-order valence-corrected chi connectivity index (χ4v) is 0.544. The lowest BCUT2D eigenvalue weighted by Crippen LogP contribution is -1.91. The molecule has 0 saturated carbocycles. The molecule has 0 unspecified atom stereocenters. The van der Waals surface area contributed by atoms with Crippen LogP contribution in [0.5, 0.6) is 5.88 Å². The van der Waals surface area contributed by atoms with Gasteiger partial charge in [0.15, 0.2) is 0 Å². The normalized spacial score (nSPS) is 8.09. The molecule has 0 atom stereocenters. The summed E-state index contributed by atoms with van der Waals surface area (Å²) in [5.41, 5.74) is 0.548. The molecule has 0 aliphatic heterocycles. The van der Waals surface area contributed by atoms with Crippen LogP contribution in [0.1, 0.15) is 5.69 Å². The van der Waals surface area contributed by atoms with Gasteiger partial charge in [-0.3, -0.25) is 0 Å². The van der Waals surface area contributed by atoms with Crippen molar-refractivity contribution in [1.82, 2.24) is 9.97 Å². The zero-order valence-electron chi connectivity index (χ0n) is 5.94. The molecule has 4 nitrogen and oxygen atoms in total. The first-order valence-electron chi connectivity index (χ1n) is 2.73. The molecule has 1 aromatic rings. The predicted molar refractivity (Wildman–Crippen MR) is 43.7 cm³/mol. The van der Waals surface area contributed by atoms with E-state index in [9.17, 15) is 0 Å². The van der Waals surface area contributed by atoms with Gasteiger partial charge in [0.1, 0.15) is 6.33 Å². The lowest BCUT2D eigenvalue weighted by Gasteiger charge is -1.95. The van der Waals surface area contributed by atoms with E-state index in [4.69, 9.17) is 10.1 Å². The van der Waals surface area contributed by atoms with Crippen LogP contribution in [0.2, 0.25) is 0 Å². The number of ether oxygens (including phenoxy) is 1. The van der Waals surface area contributed by atoms with Gasteiger partial charge < -0.3 is 10.1 Å². The zero-order chi connectivity index (χ0) is 7.40. The third-order valence-electron chi connectivity index (χ3n) is 1.02. The maximum atomic E-state index is 6.84. The van der Waals surface area contributed by atoms with Gasteiger partial charge in [0.25, 0.3) is 0 Å². The van der Waals surface area contributed by atoms with Crippen LogP contribution < -0.4 is 4.74 Å². The average Bonchev–Trinajstić information content (AvgIpc) is 2.05. The maximum absolute atomic E-state index is 6.84. The first kappa shape index (κ1) is 9.84. The number of hydrogen-bond acceptors (Lipinski definition) is 4. The first-order valence-corrected chi connectivity index (χ1v) is 2.73. The van der Waals surface area contributed by atoms with Crippen molar-refractivity contribution >= 4 is 18.6 Å². The van der Waals surface area contributed by atoms with Crippen LogP contribution in [0.25, 0.3) is 0 Å². The summed E-state index contributed by atoms with van der Waals surface area (Å²) < 4.78 is 4.80. The highest BCUT2D eigenvalue weighted by Crippen LogP contribution is 2.02. The van der Waals surface area contributed by atoms with Crippen molar-refractivity contribution in [3.05, 3.63) is 18.1 Å². The number of nitrogens with zero attached hydrogens (tertiary/aromatic N) is 2. The van der Waals surface area contributed by atoms with Crippen molar-refractivity contribution in [2.75, 3.05) is 7.11 Å². The Morgan fingerprint density at radius 2 is 2.27 bits per heavy atom. The van der Waals surface area contributed by atoms with Crippen LogP contribution in [0.3, 0.4) is 0 Å². The molecule has 0 saturated heterocycles. The second-order valence-corrected chi connectivity index (χ2v) is 1.63. The second kappa shape index (κ2) is 4.62. The van der Waals surface area contributed by atoms with Crippen LogP contribution in [0.4, 0.5) is 0 Å². The van der Waals surface area contributed by atoms with Crippen molar-refractivity contribution < 1.29 is 4.74 Å². The molecular weight excluding hydrogens is 166 g/mol. The third kappa shape index (κ3) is 2.51. The van der Waals surface area contributed by atoms with Gasteiger partial charge >= 0.3 is 0 Å². The smallest absolute Gasteiger partial charge is 0.216 e. The molecule has 0 aliphatic carbocycles. The summed E-state index contributed by atoms with van der Waals surface area (Å²) in [6.07, 6.45) is 2.50. The van der Waals surface area contributed by atoms with Crippen LogP contribution >= 0.6 is 12.4 Å². The number of aromatic nitrogens is 2. The number of halogens is 1. The van der Waals surface area contributed by atoms with Crippen molar-refractivity contribution in [2.45, 2.75) is 0 Å². The van der Waals surface area contributed by atoms with Crippen LogP contribution in [0.15, 0.2) is 12.4 Å². The zero-order valence-corrected chi connectivity index (χ0v) is 6.76. The van der Waals surface area contributed by atoms with Crippen molar-refractivity contribution in [1.29, 1.82) is 5.41 Å². The Morgan fingerprint density at radius 3 is 2.82 bits per heavy atom. The SMILES string of the molecule is COc1cc(C=N)ncn1.Cl. The molecule has 1 rings (SSSR count). The van der Waals surface area contributed by atoms with Gasteiger partial charge in [-0.25, -0.2) is 9.97 Å². The molecule has 1 aromatic heterocycles. The van der Waals surface area contributed by atoms with E-state index in [2.05, 4.69) is 9.97 Å². The fourth-order valence-electron chi connectivity index (χ4n) is 0.544. The molecule has 1 N–H and O–H groups in total. The largest absolute Gasteiger partial charge is 0.481 e. The summed E-state index contributed by atoms with van der Waals surface area (Å²) in [5, 5.41) is 6.84. The van der Waals surface area contributed by atoms with E-state index in [0.29, 0.717) is 11.6 Å².